The number of aromatic nitrogens is 2. The SMILES string of the molecule is Cc1ccc(-c2csc3nc(C(C)C)n(Cc4cccc(C#N)c4)c(=O)c23)cc1C. The first-order chi connectivity index (χ1) is 14.4. The molecule has 4 rings (SSSR count). The Hall–Kier alpha value is -3.23. The summed E-state index contributed by atoms with van der Waals surface area (Å²) in [6.45, 7) is 8.67. The van der Waals surface area contributed by atoms with Gasteiger partial charge in [0.1, 0.15) is 10.7 Å². The van der Waals surface area contributed by atoms with Crippen LogP contribution in [0.25, 0.3) is 21.3 Å². The molecule has 0 aliphatic heterocycles. The van der Waals surface area contributed by atoms with Crippen LogP contribution in [0.5, 0.6) is 0 Å². The van der Waals surface area contributed by atoms with Gasteiger partial charge in [-0.05, 0) is 48.2 Å². The van der Waals surface area contributed by atoms with Gasteiger partial charge in [0.25, 0.3) is 5.56 Å². The summed E-state index contributed by atoms with van der Waals surface area (Å²) in [5, 5.41) is 11.9. The smallest absolute Gasteiger partial charge is 0.263 e. The van der Waals surface area contributed by atoms with Crippen LogP contribution in [0.1, 0.15) is 47.8 Å². The Morgan fingerprint density at radius 3 is 2.63 bits per heavy atom. The number of fused-ring (bicyclic) bond motifs is 1. The van der Waals surface area contributed by atoms with Crippen molar-refractivity contribution in [3.63, 3.8) is 0 Å². The second kappa shape index (κ2) is 7.89. The van der Waals surface area contributed by atoms with Gasteiger partial charge in [0, 0.05) is 16.9 Å². The third-order valence-corrected chi connectivity index (χ3v) is 6.33. The molecule has 0 saturated heterocycles. The zero-order valence-electron chi connectivity index (χ0n) is 17.6. The van der Waals surface area contributed by atoms with E-state index in [0.717, 1.165) is 27.3 Å². The molecule has 0 unspecified atom stereocenters. The highest BCUT2D eigenvalue weighted by Gasteiger charge is 2.19. The van der Waals surface area contributed by atoms with Crippen molar-refractivity contribution in [2.45, 2.75) is 40.2 Å². The molecule has 0 amide bonds. The topological polar surface area (TPSA) is 58.7 Å². The van der Waals surface area contributed by atoms with Crippen molar-refractivity contribution < 1.29 is 0 Å². The van der Waals surface area contributed by atoms with E-state index in [-0.39, 0.29) is 11.5 Å². The molecule has 0 N–H and O–H groups in total. The van der Waals surface area contributed by atoms with Gasteiger partial charge >= 0.3 is 0 Å². The van der Waals surface area contributed by atoms with E-state index in [1.807, 2.05) is 37.4 Å². The van der Waals surface area contributed by atoms with Crippen molar-refractivity contribution in [2.24, 2.45) is 0 Å². The maximum atomic E-state index is 13.7. The molecule has 2 aromatic carbocycles. The zero-order chi connectivity index (χ0) is 21.4. The Balaban J connectivity index is 1.93. The number of nitrogens with zero attached hydrogens (tertiary/aromatic N) is 3. The summed E-state index contributed by atoms with van der Waals surface area (Å²) in [5.41, 5.74) is 5.89. The fraction of sp³-hybridized carbons (Fsp3) is 0.240. The average molecular weight is 414 g/mol. The average Bonchev–Trinajstić information content (AvgIpc) is 3.16. The minimum atomic E-state index is -0.0273. The lowest BCUT2D eigenvalue weighted by Gasteiger charge is -2.15. The first-order valence-corrected chi connectivity index (χ1v) is 10.9. The summed E-state index contributed by atoms with van der Waals surface area (Å²) in [6.07, 6.45) is 0. The molecule has 0 spiro atoms. The number of hydrogen-bond donors (Lipinski definition) is 0. The number of benzene rings is 2. The Morgan fingerprint density at radius 1 is 1.13 bits per heavy atom. The summed E-state index contributed by atoms with van der Waals surface area (Å²) in [4.78, 5) is 19.3. The minimum Gasteiger partial charge on any atom is -0.291 e. The number of thiophene rings is 1. The molecule has 0 radical (unpaired) electrons. The molecule has 4 nitrogen and oxygen atoms in total. The molecular weight excluding hydrogens is 390 g/mol. The highest BCUT2D eigenvalue weighted by Crippen LogP contribution is 2.33. The summed E-state index contributed by atoms with van der Waals surface area (Å²) < 4.78 is 1.76. The molecule has 0 fully saturated rings. The number of hydrogen-bond acceptors (Lipinski definition) is 4. The molecule has 0 saturated carbocycles. The first kappa shape index (κ1) is 20.1. The number of nitriles is 1. The highest BCUT2D eigenvalue weighted by molar-refractivity contribution is 7.17. The maximum absolute atomic E-state index is 13.7. The van der Waals surface area contributed by atoms with Crippen LogP contribution >= 0.6 is 11.3 Å². The summed E-state index contributed by atoms with van der Waals surface area (Å²) in [5.74, 6) is 0.872. The van der Waals surface area contributed by atoms with E-state index in [9.17, 15) is 10.1 Å². The molecule has 30 heavy (non-hydrogen) atoms. The van der Waals surface area contributed by atoms with Gasteiger partial charge in [-0.25, -0.2) is 4.98 Å². The number of aryl methyl sites for hydroxylation is 2. The van der Waals surface area contributed by atoms with Gasteiger partial charge in [0.05, 0.1) is 23.6 Å². The molecular formula is C25H23N3OS. The summed E-state index contributed by atoms with van der Waals surface area (Å²) in [6, 6.07) is 15.9. The number of rotatable bonds is 4. The van der Waals surface area contributed by atoms with Gasteiger partial charge in [0.15, 0.2) is 0 Å². The van der Waals surface area contributed by atoms with Gasteiger partial charge in [-0.2, -0.15) is 5.26 Å². The van der Waals surface area contributed by atoms with E-state index in [4.69, 9.17) is 4.98 Å². The van der Waals surface area contributed by atoms with E-state index in [2.05, 4.69) is 38.1 Å². The van der Waals surface area contributed by atoms with Gasteiger partial charge in [-0.3, -0.25) is 9.36 Å². The van der Waals surface area contributed by atoms with Crippen molar-refractivity contribution in [3.05, 3.63) is 86.3 Å². The highest BCUT2D eigenvalue weighted by atomic mass is 32.1. The normalized spacial score (nSPS) is 11.2. The zero-order valence-corrected chi connectivity index (χ0v) is 18.4. The van der Waals surface area contributed by atoms with Crippen LogP contribution in [-0.2, 0) is 6.54 Å². The second-order valence-corrected chi connectivity index (χ2v) is 8.81. The van der Waals surface area contributed by atoms with Gasteiger partial charge < -0.3 is 0 Å². The van der Waals surface area contributed by atoms with E-state index in [1.165, 1.54) is 22.5 Å². The predicted octanol–water partition coefficient (Wildman–Crippen LogP) is 5.79. The Labute approximate surface area is 180 Å². The summed E-state index contributed by atoms with van der Waals surface area (Å²) in [7, 11) is 0. The quantitative estimate of drug-likeness (QED) is 0.426. The third kappa shape index (κ3) is 3.55. The van der Waals surface area contributed by atoms with Crippen LogP contribution in [0.2, 0.25) is 0 Å². The lowest BCUT2D eigenvalue weighted by Crippen LogP contribution is -2.26. The standard InChI is InChI=1S/C25H23N3OS/c1-15(2)23-27-24-22(21(14-30-24)20-9-8-16(3)17(4)10-20)25(29)28(23)13-19-7-5-6-18(11-19)12-26/h5-11,14-15H,13H2,1-4H3. The van der Waals surface area contributed by atoms with Crippen molar-refractivity contribution in [3.8, 4) is 17.2 Å². The largest absolute Gasteiger partial charge is 0.291 e. The van der Waals surface area contributed by atoms with Crippen LogP contribution in [0, 0.1) is 25.2 Å². The Kier molecular flexibility index (Phi) is 5.27. The van der Waals surface area contributed by atoms with Crippen LogP contribution in [0.4, 0.5) is 0 Å². The minimum absolute atomic E-state index is 0.0273. The van der Waals surface area contributed by atoms with E-state index in [0.29, 0.717) is 17.5 Å². The molecule has 2 aromatic heterocycles. The van der Waals surface area contributed by atoms with Crippen LogP contribution in [-0.4, -0.2) is 9.55 Å². The lowest BCUT2D eigenvalue weighted by molar-refractivity contribution is 0.635. The Morgan fingerprint density at radius 2 is 1.93 bits per heavy atom. The molecule has 0 atom stereocenters. The first-order valence-electron chi connectivity index (χ1n) is 9.97. The van der Waals surface area contributed by atoms with Crippen LogP contribution < -0.4 is 5.56 Å². The maximum Gasteiger partial charge on any atom is 0.263 e. The van der Waals surface area contributed by atoms with Crippen LogP contribution in [0.15, 0.2) is 52.6 Å². The molecule has 0 aliphatic carbocycles. The van der Waals surface area contributed by atoms with Crippen molar-refractivity contribution in [2.75, 3.05) is 0 Å². The molecule has 0 bridgehead atoms. The van der Waals surface area contributed by atoms with Crippen molar-refractivity contribution in [1.29, 1.82) is 5.26 Å². The van der Waals surface area contributed by atoms with Crippen LogP contribution in [0.3, 0.4) is 0 Å². The predicted molar refractivity (Wildman–Crippen MR) is 123 cm³/mol. The molecule has 0 aliphatic rings. The van der Waals surface area contributed by atoms with Gasteiger partial charge in [-0.15, -0.1) is 11.3 Å². The fourth-order valence-electron chi connectivity index (χ4n) is 3.68. The molecule has 2 heterocycles. The van der Waals surface area contributed by atoms with Crippen molar-refractivity contribution >= 4 is 21.6 Å². The lowest BCUT2D eigenvalue weighted by atomic mass is 10.0. The van der Waals surface area contributed by atoms with E-state index >= 15 is 0 Å². The van der Waals surface area contributed by atoms with Crippen molar-refractivity contribution in [1.82, 2.24) is 9.55 Å². The summed E-state index contributed by atoms with van der Waals surface area (Å²) >= 11 is 1.52. The van der Waals surface area contributed by atoms with E-state index < -0.39 is 0 Å². The van der Waals surface area contributed by atoms with Gasteiger partial charge in [0.2, 0.25) is 0 Å². The van der Waals surface area contributed by atoms with Gasteiger partial charge in [-0.1, -0.05) is 44.2 Å². The fourth-order valence-corrected chi connectivity index (χ4v) is 4.62. The molecule has 5 heteroatoms. The Bertz CT molecular complexity index is 1360. The third-order valence-electron chi connectivity index (χ3n) is 5.45. The molecule has 4 aromatic rings. The van der Waals surface area contributed by atoms with E-state index in [1.54, 1.807) is 10.6 Å². The second-order valence-electron chi connectivity index (χ2n) is 7.96. The monoisotopic (exact) mass is 413 g/mol. The molecule has 150 valence electrons.